The monoisotopic (exact) mass is 298 g/mol. The molecule has 0 aliphatic heterocycles. The van der Waals surface area contributed by atoms with Crippen molar-refractivity contribution < 1.29 is 23.5 Å². The molecule has 5 nitrogen and oxygen atoms in total. The topological polar surface area (TPSA) is 79.8 Å². The van der Waals surface area contributed by atoms with Crippen LogP contribution in [0.15, 0.2) is 42.5 Å². The van der Waals surface area contributed by atoms with Gasteiger partial charge in [0, 0.05) is 6.92 Å². The molecule has 0 spiro atoms. The smallest absolute Gasteiger partial charge is 0.328 e. The second-order valence-electron chi connectivity index (χ2n) is 4.42. The van der Waals surface area contributed by atoms with E-state index in [2.05, 4.69) is 4.79 Å². The number of ketones is 1. The molecule has 0 unspecified atom stereocenters. The first-order valence-electron chi connectivity index (χ1n) is 6.31. The number of hydrogen-bond donors (Lipinski definition) is 0. The van der Waals surface area contributed by atoms with Crippen molar-refractivity contribution in [3.8, 4) is 16.9 Å². The van der Waals surface area contributed by atoms with Crippen molar-refractivity contribution in [3.63, 3.8) is 0 Å². The molecule has 2 aromatic rings. The van der Waals surface area contributed by atoms with Gasteiger partial charge in [-0.2, -0.15) is 4.79 Å². The Labute approximate surface area is 125 Å². The van der Waals surface area contributed by atoms with Crippen molar-refractivity contribution in [2.45, 2.75) is 6.92 Å². The Kier molecular flexibility index (Phi) is 4.56. The van der Waals surface area contributed by atoms with E-state index in [1.165, 1.54) is 31.2 Å². The zero-order chi connectivity index (χ0) is 16.1. The summed E-state index contributed by atoms with van der Waals surface area (Å²) in [6.45, 7) is 1.21. The van der Waals surface area contributed by atoms with E-state index in [0.29, 0.717) is 17.3 Å². The summed E-state index contributed by atoms with van der Waals surface area (Å²) < 4.78 is 17.9. The number of nitrogens with zero attached hydrogens (tertiary/aromatic N) is 2. The van der Waals surface area contributed by atoms with Crippen molar-refractivity contribution in [2.24, 2.45) is 0 Å². The molecular weight excluding hydrogens is 287 g/mol. The van der Waals surface area contributed by atoms with Gasteiger partial charge in [-0.1, -0.05) is 18.2 Å². The zero-order valence-corrected chi connectivity index (χ0v) is 11.6. The lowest BCUT2D eigenvalue weighted by Gasteiger charge is -2.08. The van der Waals surface area contributed by atoms with Crippen LogP contribution < -0.4 is 4.74 Å². The molecule has 2 rings (SSSR count). The number of halogens is 1. The molecular formula is C16H11FN2O3. The molecule has 22 heavy (non-hydrogen) atoms. The predicted molar refractivity (Wildman–Crippen MR) is 77.2 cm³/mol. The summed E-state index contributed by atoms with van der Waals surface area (Å²) in [5, 5.41) is 0. The second-order valence-corrected chi connectivity index (χ2v) is 4.42. The van der Waals surface area contributed by atoms with Gasteiger partial charge in [0.05, 0.1) is 5.56 Å². The minimum absolute atomic E-state index is 0.0586. The molecule has 0 fully saturated rings. The summed E-state index contributed by atoms with van der Waals surface area (Å²) in [5.41, 5.74) is 9.87. The molecule has 0 radical (unpaired) electrons. The van der Waals surface area contributed by atoms with Gasteiger partial charge < -0.3 is 10.3 Å². The number of ether oxygens (including phenoxy) is 1. The van der Waals surface area contributed by atoms with E-state index in [4.69, 9.17) is 10.3 Å². The second kappa shape index (κ2) is 6.56. The molecule has 0 N–H and O–H groups in total. The van der Waals surface area contributed by atoms with Crippen molar-refractivity contribution in [1.29, 1.82) is 0 Å². The van der Waals surface area contributed by atoms with Gasteiger partial charge in [0.2, 0.25) is 0 Å². The van der Waals surface area contributed by atoms with Crippen LogP contribution in [0.1, 0.15) is 17.3 Å². The third-order valence-electron chi connectivity index (χ3n) is 2.85. The number of benzene rings is 2. The summed E-state index contributed by atoms with van der Waals surface area (Å²) in [4.78, 5) is 25.7. The summed E-state index contributed by atoms with van der Waals surface area (Å²) in [6.07, 6.45) is 0.705. The molecule has 0 saturated carbocycles. The lowest BCUT2D eigenvalue weighted by atomic mass is 10.0. The van der Waals surface area contributed by atoms with Crippen LogP contribution in [0.25, 0.3) is 16.7 Å². The first kappa shape index (κ1) is 15.3. The van der Waals surface area contributed by atoms with Gasteiger partial charge in [0.25, 0.3) is 5.78 Å². The van der Waals surface area contributed by atoms with E-state index >= 15 is 0 Å². The Morgan fingerprint density at radius 1 is 1.14 bits per heavy atom. The minimum atomic E-state index is -0.622. The number of carbonyl (C=O) groups excluding carboxylic acids is 2. The van der Waals surface area contributed by atoms with Gasteiger partial charge >= 0.3 is 12.2 Å². The summed E-state index contributed by atoms with van der Waals surface area (Å²) in [7, 11) is 0. The van der Waals surface area contributed by atoms with Crippen LogP contribution in [0.2, 0.25) is 0 Å². The highest BCUT2D eigenvalue weighted by Gasteiger charge is 2.17. The van der Waals surface area contributed by atoms with Crippen LogP contribution in [0.3, 0.4) is 0 Å². The van der Waals surface area contributed by atoms with E-state index in [9.17, 15) is 14.0 Å². The average Bonchev–Trinajstić information content (AvgIpc) is 2.48. The van der Waals surface area contributed by atoms with Gasteiger partial charge in [-0.25, -0.2) is 4.39 Å². The van der Waals surface area contributed by atoms with Crippen LogP contribution in [0.4, 0.5) is 4.39 Å². The van der Waals surface area contributed by atoms with E-state index in [1.54, 1.807) is 18.2 Å². The number of Topliss-reactive ketones (excluding diaryl/α,β-unsaturated/α-hetero) is 1. The number of esters is 1. The van der Waals surface area contributed by atoms with Crippen LogP contribution in [0, 0.1) is 5.82 Å². The van der Waals surface area contributed by atoms with Gasteiger partial charge in [0.1, 0.15) is 11.6 Å². The molecule has 0 aliphatic carbocycles. The van der Waals surface area contributed by atoms with E-state index < -0.39 is 11.8 Å². The van der Waals surface area contributed by atoms with Gasteiger partial charge in [-0.3, -0.25) is 9.59 Å². The third-order valence-corrected chi connectivity index (χ3v) is 2.85. The lowest BCUT2D eigenvalue weighted by molar-refractivity contribution is -0.131. The first-order valence-corrected chi connectivity index (χ1v) is 6.31. The van der Waals surface area contributed by atoms with Crippen molar-refractivity contribution in [3.05, 3.63) is 59.4 Å². The molecule has 0 amide bonds. The lowest BCUT2D eigenvalue weighted by Crippen LogP contribution is -2.09. The highest BCUT2D eigenvalue weighted by atomic mass is 19.1. The molecule has 0 atom stereocenters. The molecule has 2 aromatic carbocycles. The van der Waals surface area contributed by atoms with E-state index in [0.717, 1.165) is 0 Å². The Bertz CT molecular complexity index is 778. The van der Waals surface area contributed by atoms with E-state index in [-0.39, 0.29) is 17.1 Å². The van der Waals surface area contributed by atoms with Crippen molar-refractivity contribution in [1.82, 2.24) is 0 Å². The number of hydrogen-bond acceptors (Lipinski definition) is 3. The fourth-order valence-corrected chi connectivity index (χ4v) is 1.91. The van der Waals surface area contributed by atoms with Crippen LogP contribution >= 0.6 is 0 Å². The SMILES string of the molecule is CC(=O)Oc1ccc(-c2ccc(F)cc2)cc1C(=O)C=[N+]=[N-]. The molecule has 6 heteroatoms. The fourth-order valence-electron chi connectivity index (χ4n) is 1.91. The summed E-state index contributed by atoms with van der Waals surface area (Å²) in [6, 6.07) is 10.3. The van der Waals surface area contributed by atoms with Crippen LogP contribution in [-0.4, -0.2) is 22.8 Å². The van der Waals surface area contributed by atoms with Gasteiger partial charge in [-0.05, 0) is 35.4 Å². The third kappa shape index (κ3) is 3.50. The highest BCUT2D eigenvalue weighted by Crippen LogP contribution is 2.27. The fraction of sp³-hybridized carbons (Fsp3) is 0.0625. The number of rotatable bonds is 4. The number of carbonyl (C=O) groups is 2. The Morgan fingerprint density at radius 2 is 1.77 bits per heavy atom. The Morgan fingerprint density at radius 3 is 2.36 bits per heavy atom. The maximum absolute atomic E-state index is 13.0. The maximum atomic E-state index is 13.0. The standard InChI is InChI=1S/C16H11FN2O3/c1-10(20)22-16-7-4-12(8-14(16)15(21)9-19-18)11-2-5-13(17)6-3-11/h2-9H,1H3. The van der Waals surface area contributed by atoms with Crippen molar-refractivity contribution in [2.75, 3.05) is 0 Å². The molecule has 0 aromatic heterocycles. The maximum Gasteiger partial charge on any atom is 0.328 e. The summed E-state index contributed by atoms with van der Waals surface area (Å²) in [5.74, 6) is -1.51. The largest absolute Gasteiger partial charge is 0.426 e. The van der Waals surface area contributed by atoms with Crippen LogP contribution in [0.5, 0.6) is 5.75 Å². The Balaban J connectivity index is 2.52. The van der Waals surface area contributed by atoms with Gasteiger partial charge in [0.15, 0.2) is 0 Å². The highest BCUT2D eigenvalue weighted by molar-refractivity contribution is 6.34. The normalized spacial score (nSPS) is 9.73. The molecule has 0 aliphatic rings. The average molecular weight is 298 g/mol. The van der Waals surface area contributed by atoms with Gasteiger partial charge in [-0.15, -0.1) is 0 Å². The van der Waals surface area contributed by atoms with E-state index in [1.807, 2.05) is 0 Å². The van der Waals surface area contributed by atoms with Crippen molar-refractivity contribution >= 4 is 18.0 Å². The first-order chi connectivity index (χ1) is 10.5. The molecule has 0 heterocycles. The summed E-state index contributed by atoms with van der Waals surface area (Å²) >= 11 is 0. The predicted octanol–water partition coefficient (Wildman–Crippen LogP) is 2.90. The molecule has 0 saturated heterocycles. The molecule has 0 bridgehead atoms. The zero-order valence-electron chi connectivity index (χ0n) is 11.6. The quantitative estimate of drug-likeness (QED) is 0.217. The molecule has 110 valence electrons. The minimum Gasteiger partial charge on any atom is -0.426 e. The van der Waals surface area contributed by atoms with Crippen LogP contribution in [-0.2, 0) is 4.79 Å². The Hall–Kier alpha value is -3.11.